The summed E-state index contributed by atoms with van der Waals surface area (Å²) in [5.74, 6) is 2.61. The van der Waals surface area contributed by atoms with Crippen molar-refractivity contribution in [2.45, 2.75) is 31.7 Å². The Bertz CT molecular complexity index is 539. The van der Waals surface area contributed by atoms with Crippen molar-refractivity contribution in [2.24, 2.45) is 0 Å². The lowest BCUT2D eigenvalue weighted by molar-refractivity contribution is 0.145. The molecule has 0 heterocycles. The minimum Gasteiger partial charge on any atom is -0.450 e. The van der Waals surface area contributed by atoms with Gasteiger partial charge in [-0.15, -0.1) is 6.42 Å². The second-order valence-electron chi connectivity index (χ2n) is 4.84. The van der Waals surface area contributed by atoms with Crippen LogP contribution in [-0.2, 0) is 4.74 Å². The first-order valence-electron chi connectivity index (χ1n) is 6.90. The lowest BCUT2D eigenvalue weighted by atomic mass is 9.88. The van der Waals surface area contributed by atoms with E-state index < -0.39 is 11.6 Å². The second-order valence-corrected chi connectivity index (χ2v) is 4.84. The zero-order valence-electron chi connectivity index (χ0n) is 11.7. The standard InChI is InChI=1S/C11H15NO2.C6H4/c1-3-11(8-6-5-7-9-11)12-10(13)14-4-2;1-2-5-4-6(5)3-1/h1,6,8H,4-5,7,9H2,2H3,(H,12,13);1-4H. The third-order valence-corrected chi connectivity index (χ3v) is 3.31. The number of benzene rings is 1. The molecule has 3 nitrogen and oxygen atoms in total. The van der Waals surface area contributed by atoms with Gasteiger partial charge in [0.1, 0.15) is 5.54 Å². The van der Waals surface area contributed by atoms with Crippen molar-refractivity contribution < 1.29 is 9.53 Å². The molecule has 3 aliphatic rings. The van der Waals surface area contributed by atoms with Gasteiger partial charge in [0.25, 0.3) is 0 Å². The smallest absolute Gasteiger partial charge is 0.408 e. The lowest BCUT2D eigenvalue weighted by Gasteiger charge is -2.28. The van der Waals surface area contributed by atoms with E-state index in [4.69, 9.17) is 11.2 Å². The van der Waals surface area contributed by atoms with Crippen LogP contribution in [0.25, 0.3) is 11.1 Å². The number of ether oxygens (including phenoxy) is 1. The molecular weight excluding hydrogens is 250 g/mol. The van der Waals surface area contributed by atoms with E-state index in [2.05, 4.69) is 35.5 Å². The van der Waals surface area contributed by atoms with Crippen LogP contribution < -0.4 is 5.32 Å². The highest BCUT2D eigenvalue weighted by atomic mass is 16.5. The van der Waals surface area contributed by atoms with Gasteiger partial charge in [0.2, 0.25) is 0 Å². The normalized spacial score (nSPS) is 21.0. The van der Waals surface area contributed by atoms with Gasteiger partial charge >= 0.3 is 6.09 Å². The van der Waals surface area contributed by atoms with Gasteiger partial charge in [-0.3, -0.25) is 0 Å². The Morgan fingerprint density at radius 1 is 1.50 bits per heavy atom. The molecule has 0 aromatic rings. The van der Waals surface area contributed by atoms with Crippen molar-refractivity contribution in [1.29, 1.82) is 0 Å². The maximum Gasteiger partial charge on any atom is 0.408 e. The van der Waals surface area contributed by atoms with E-state index in [1.54, 1.807) is 6.92 Å². The summed E-state index contributed by atoms with van der Waals surface area (Å²) in [5.41, 5.74) is 2.22. The van der Waals surface area contributed by atoms with Crippen LogP contribution >= 0.6 is 0 Å². The number of amides is 1. The Morgan fingerprint density at radius 3 is 2.65 bits per heavy atom. The van der Waals surface area contributed by atoms with Crippen LogP contribution in [0.5, 0.6) is 0 Å². The molecule has 20 heavy (non-hydrogen) atoms. The van der Waals surface area contributed by atoms with E-state index in [9.17, 15) is 4.79 Å². The first-order valence-corrected chi connectivity index (χ1v) is 6.90. The van der Waals surface area contributed by atoms with Crippen LogP contribution in [0, 0.1) is 12.3 Å². The van der Waals surface area contributed by atoms with Crippen molar-refractivity contribution in [3.05, 3.63) is 36.4 Å². The molecule has 1 atom stereocenters. The van der Waals surface area contributed by atoms with Gasteiger partial charge in [0, 0.05) is 0 Å². The van der Waals surface area contributed by atoms with Crippen LogP contribution in [-0.4, -0.2) is 18.2 Å². The summed E-state index contributed by atoms with van der Waals surface area (Å²) in [6, 6.07) is 8.48. The SMILES string of the molecule is C#CC1(NC(=O)OCC)C=CCCC1.c1cc2cc-2c1. The summed E-state index contributed by atoms with van der Waals surface area (Å²) < 4.78 is 4.79. The Labute approximate surface area is 120 Å². The Morgan fingerprint density at radius 2 is 2.25 bits per heavy atom. The highest BCUT2D eigenvalue weighted by Crippen LogP contribution is 2.32. The van der Waals surface area contributed by atoms with Crippen molar-refractivity contribution in [1.82, 2.24) is 5.32 Å². The number of allylic oxidation sites excluding steroid dienone is 1. The molecule has 1 amide bonds. The molecule has 3 rings (SSSR count). The van der Waals surface area contributed by atoms with Crippen molar-refractivity contribution in [2.75, 3.05) is 6.61 Å². The molecule has 1 unspecified atom stereocenters. The van der Waals surface area contributed by atoms with Crippen molar-refractivity contribution in [3.63, 3.8) is 0 Å². The minimum absolute atomic E-state index is 0.357. The molecule has 0 aliphatic heterocycles. The molecule has 104 valence electrons. The highest BCUT2D eigenvalue weighted by Gasteiger charge is 2.28. The van der Waals surface area contributed by atoms with Crippen molar-refractivity contribution in [3.8, 4) is 23.5 Å². The Hall–Kier alpha value is -2.21. The third kappa shape index (κ3) is 3.64. The number of carbonyl (C=O) groups excluding carboxylic acids is 1. The summed E-state index contributed by atoms with van der Waals surface area (Å²) >= 11 is 0. The van der Waals surface area contributed by atoms with Gasteiger partial charge in [-0.2, -0.15) is 0 Å². The lowest BCUT2D eigenvalue weighted by Crippen LogP contribution is -2.46. The van der Waals surface area contributed by atoms with Gasteiger partial charge < -0.3 is 10.1 Å². The number of terminal acetylenes is 1. The molecule has 0 aromatic carbocycles. The first-order chi connectivity index (χ1) is 9.69. The van der Waals surface area contributed by atoms with E-state index >= 15 is 0 Å². The topological polar surface area (TPSA) is 38.3 Å². The fourth-order valence-corrected chi connectivity index (χ4v) is 2.15. The molecular formula is C17H19NO2. The summed E-state index contributed by atoms with van der Waals surface area (Å²) in [6.45, 7) is 2.12. The number of carbonyl (C=O) groups is 1. The maximum absolute atomic E-state index is 11.2. The highest BCUT2D eigenvalue weighted by molar-refractivity contribution is 5.80. The van der Waals surface area contributed by atoms with E-state index in [1.165, 1.54) is 11.1 Å². The number of nitrogens with one attached hydrogen (secondary N) is 1. The summed E-state index contributed by atoms with van der Waals surface area (Å²) in [5, 5.41) is 2.70. The monoisotopic (exact) mass is 269 g/mol. The average Bonchev–Trinajstić information content (AvgIpc) is 3.07. The number of hydrogen-bond donors (Lipinski definition) is 1. The largest absolute Gasteiger partial charge is 0.450 e. The van der Waals surface area contributed by atoms with Gasteiger partial charge in [-0.1, -0.05) is 36.3 Å². The molecule has 0 aromatic heterocycles. The number of hydrogen-bond acceptors (Lipinski definition) is 2. The molecule has 0 saturated heterocycles. The van der Waals surface area contributed by atoms with Gasteiger partial charge in [0.15, 0.2) is 0 Å². The van der Waals surface area contributed by atoms with Crippen LogP contribution in [0.15, 0.2) is 36.4 Å². The molecule has 3 aliphatic carbocycles. The minimum atomic E-state index is -0.634. The summed E-state index contributed by atoms with van der Waals surface area (Å²) in [7, 11) is 0. The molecule has 0 saturated carbocycles. The molecule has 0 spiro atoms. The maximum atomic E-state index is 11.2. The van der Waals surface area contributed by atoms with Crippen LogP contribution in [0.4, 0.5) is 4.79 Å². The quantitative estimate of drug-likeness (QED) is 0.669. The summed E-state index contributed by atoms with van der Waals surface area (Å²) in [6.07, 6.45) is 11.6. The van der Waals surface area contributed by atoms with Crippen LogP contribution in [0.1, 0.15) is 26.2 Å². The van der Waals surface area contributed by atoms with Gasteiger partial charge in [0.05, 0.1) is 6.61 Å². The van der Waals surface area contributed by atoms with E-state index in [-0.39, 0.29) is 0 Å². The molecule has 0 bridgehead atoms. The van der Waals surface area contributed by atoms with E-state index in [1.807, 2.05) is 12.2 Å². The second kappa shape index (κ2) is 6.29. The van der Waals surface area contributed by atoms with Gasteiger partial charge in [-0.25, -0.2) is 4.79 Å². The number of alkyl carbamates (subject to hydrolysis) is 1. The van der Waals surface area contributed by atoms with Crippen molar-refractivity contribution >= 4 is 6.09 Å². The molecule has 0 fully saturated rings. The fourth-order valence-electron chi connectivity index (χ4n) is 2.15. The number of rotatable bonds is 2. The average molecular weight is 269 g/mol. The summed E-state index contributed by atoms with van der Waals surface area (Å²) in [4.78, 5) is 11.2. The van der Waals surface area contributed by atoms with E-state index in [0.717, 1.165) is 19.3 Å². The zero-order valence-corrected chi connectivity index (χ0v) is 11.7. The molecule has 0 radical (unpaired) electrons. The van der Waals surface area contributed by atoms with E-state index in [0.29, 0.717) is 6.61 Å². The van der Waals surface area contributed by atoms with Crippen LogP contribution in [0.3, 0.4) is 0 Å². The Balaban J connectivity index is 0.000000198. The third-order valence-electron chi connectivity index (χ3n) is 3.31. The predicted molar refractivity (Wildman–Crippen MR) is 80.1 cm³/mol. The fraction of sp³-hybridized carbons (Fsp3) is 0.353. The van der Waals surface area contributed by atoms with Crippen LogP contribution in [0.2, 0.25) is 0 Å². The molecule has 1 N–H and O–H groups in total. The molecule has 3 heteroatoms. The first kappa shape index (κ1) is 14.2. The Kier molecular flexibility index (Phi) is 4.47. The predicted octanol–water partition coefficient (Wildman–Crippen LogP) is 3.51. The number of fused-ring (bicyclic) bond motifs is 1. The van der Waals surface area contributed by atoms with Gasteiger partial charge in [-0.05, 0) is 43.4 Å². The zero-order chi connectivity index (χ0) is 14.4.